The number of rotatable bonds is 4. The van der Waals surface area contributed by atoms with Gasteiger partial charge in [0.15, 0.2) is 0 Å². The number of nitrogens with zero attached hydrogens (tertiary/aromatic N) is 5. The Morgan fingerprint density at radius 2 is 1.81 bits per heavy atom. The zero-order chi connectivity index (χ0) is 19.0. The van der Waals surface area contributed by atoms with Crippen molar-refractivity contribution in [2.24, 2.45) is 7.05 Å². The maximum absolute atomic E-state index is 12.7. The summed E-state index contributed by atoms with van der Waals surface area (Å²) in [7, 11) is 3.75. The van der Waals surface area contributed by atoms with Crippen LogP contribution in [0.5, 0.6) is 0 Å². The van der Waals surface area contributed by atoms with Crippen molar-refractivity contribution in [1.82, 2.24) is 24.1 Å². The minimum atomic E-state index is -0.103. The molecule has 1 aliphatic rings. The molecule has 7 nitrogen and oxygen atoms in total. The number of carbonyl (C=O) groups excluding carboxylic acids is 1. The van der Waals surface area contributed by atoms with Gasteiger partial charge in [-0.2, -0.15) is 5.10 Å². The van der Waals surface area contributed by atoms with Crippen LogP contribution in [0.4, 0.5) is 0 Å². The summed E-state index contributed by atoms with van der Waals surface area (Å²) in [6.45, 7) is 4.11. The van der Waals surface area contributed by atoms with E-state index in [2.05, 4.69) is 17.0 Å². The Labute approximate surface area is 157 Å². The second-order valence-electron chi connectivity index (χ2n) is 7.29. The van der Waals surface area contributed by atoms with E-state index in [1.165, 1.54) is 4.68 Å². The third-order valence-corrected chi connectivity index (χ3v) is 5.49. The summed E-state index contributed by atoms with van der Waals surface area (Å²) < 4.78 is 3.42. The minimum absolute atomic E-state index is 0.103. The zero-order valence-corrected chi connectivity index (χ0v) is 15.9. The molecule has 1 saturated heterocycles. The molecule has 3 heterocycles. The van der Waals surface area contributed by atoms with Crippen molar-refractivity contribution in [1.29, 1.82) is 0 Å². The van der Waals surface area contributed by atoms with E-state index in [-0.39, 0.29) is 11.5 Å². The number of para-hydroxylation sites is 1. The van der Waals surface area contributed by atoms with Crippen LogP contribution in [0.3, 0.4) is 0 Å². The lowest BCUT2D eigenvalue weighted by Crippen LogP contribution is -2.47. The Morgan fingerprint density at radius 3 is 2.59 bits per heavy atom. The average molecular weight is 367 g/mol. The van der Waals surface area contributed by atoms with E-state index < -0.39 is 0 Å². The lowest BCUT2D eigenvalue weighted by atomic mass is 10.2. The van der Waals surface area contributed by atoms with E-state index >= 15 is 0 Å². The van der Waals surface area contributed by atoms with Crippen LogP contribution < -0.4 is 5.56 Å². The first kappa shape index (κ1) is 17.7. The Balaban J connectivity index is 1.57. The van der Waals surface area contributed by atoms with E-state index in [1.807, 2.05) is 33.7 Å². The lowest BCUT2D eigenvalue weighted by Gasteiger charge is -2.32. The number of hydrogen-bond donors (Lipinski definition) is 0. The van der Waals surface area contributed by atoms with Crippen molar-refractivity contribution >= 4 is 27.7 Å². The van der Waals surface area contributed by atoms with E-state index in [4.69, 9.17) is 0 Å². The fourth-order valence-electron chi connectivity index (χ4n) is 3.88. The topological polar surface area (TPSA) is 63.4 Å². The molecule has 7 heteroatoms. The number of amides is 1. The van der Waals surface area contributed by atoms with Gasteiger partial charge in [0.2, 0.25) is 5.91 Å². The molecule has 1 amide bonds. The van der Waals surface area contributed by atoms with Gasteiger partial charge in [-0.1, -0.05) is 18.2 Å². The molecule has 1 aliphatic heterocycles. The first-order valence-electron chi connectivity index (χ1n) is 9.46. The van der Waals surface area contributed by atoms with E-state index in [0.717, 1.165) is 42.5 Å². The van der Waals surface area contributed by atoms with Crippen LogP contribution in [0.15, 0.2) is 35.3 Å². The molecule has 4 rings (SSSR count). The number of benzene rings is 1. The molecule has 3 aromatic rings. The van der Waals surface area contributed by atoms with Gasteiger partial charge < -0.3 is 14.4 Å². The van der Waals surface area contributed by atoms with Crippen LogP contribution in [-0.2, 0) is 18.4 Å². The highest BCUT2D eigenvalue weighted by Crippen LogP contribution is 2.26. The zero-order valence-electron chi connectivity index (χ0n) is 15.9. The van der Waals surface area contributed by atoms with E-state index in [0.29, 0.717) is 24.9 Å². The van der Waals surface area contributed by atoms with Gasteiger partial charge in [-0.25, -0.2) is 4.68 Å². The average Bonchev–Trinajstić information content (AvgIpc) is 3.00. The van der Waals surface area contributed by atoms with Gasteiger partial charge in [-0.15, -0.1) is 0 Å². The van der Waals surface area contributed by atoms with Gasteiger partial charge in [0.05, 0.1) is 6.20 Å². The Hall–Kier alpha value is -2.67. The monoisotopic (exact) mass is 367 g/mol. The Bertz CT molecular complexity index is 1040. The fourth-order valence-corrected chi connectivity index (χ4v) is 3.88. The molecule has 0 saturated carbocycles. The number of piperazine rings is 1. The molecule has 1 aromatic carbocycles. The molecule has 0 radical (unpaired) electrons. The van der Waals surface area contributed by atoms with Gasteiger partial charge in [0.1, 0.15) is 5.52 Å². The first-order chi connectivity index (χ1) is 13.1. The summed E-state index contributed by atoms with van der Waals surface area (Å²) in [5.41, 5.74) is 1.58. The van der Waals surface area contributed by atoms with Crippen molar-refractivity contribution in [2.45, 2.75) is 19.4 Å². The minimum Gasteiger partial charge on any atom is -0.340 e. The van der Waals surface area contributed by atoms with Crippen LogP contribution >= 0.6 is 0 Å². The number of hydrogen-bond acceptors (Lipinski definition) is 4. The molecule has 0 N–H and O–H groups in total. The predicted molar refractivity (Wildman–Crippen MR) is 106 cm³/mol. The van der Waals surface area contributed by atoms with Gasteiger partial charge >= 0.3 is 0 Å². The molecular weight excluding hydrogens is 342 g/mol. The van der Waals surface area contributed by atoms with Gasteiger partial charge in [-0.05, 0) is 19.5 Å². The fraction of sp³-hybridized carbons (Fsp3) is 0.450. The third kappa shape index (κ3) is 3.23. The van der Waals surface area contributed by atoms with Gasteiger partial charge in [0.25, 0.3) is 5.56 Å². The molecule has 0 aliphatic carbocycles. The van der Waals surface area contributed by atoms with E-state index in [1.54, 1.807) is 13.2 Å². The highest BCUT2D eigenvalue weighted by molar-refractivity contribution is 6.07. The van der Waals surface area contributed by atoms with Crippen molar-refractivity contribution in [3.05, 3.63) is 40.8 Å². The summed E-state index contributed by atoms with van der Waals surface area (Å²) in [6, 6.07) is 7.99. The predicted octanol–water partition coefficient (Wildman–Crippen LogP) is 1.44. The molecule has 0 unspecified atom stereocenters. The van der Waals surface area contributed by atoms with E-state index in [9.17, 15) is 9.59 Å². The summed E-state index contributed by atoms with van der Waals surface area (Å²) in [4.78, 5) is 29.4. The molecule has 0 atom stereocenters. The second-order valence-corrected chi connectivity index (χ2v) is 7.29. The highest BCUT2D eigenvalue weighted by Gasteiger charge is 2.19. The molecule has 2 aromatic heterocycles. The largest absolute Gasteiger partial charge is 0.340 e. The Morgan fingerprint density at radius 1 is 1.07 bits per heavy atom. The van der Waals surface area contributed by atoms with Crippen LogP contribution in [0, 0.1) is 0 Å². The van der Waals surface area contributed by atoms with Crippen molar-refractivity contribution in [2.75, 3.05) is 33.2 Å². The normalized spacial score (nSPS) is 15.7. The molecule has 0 bridgehead atoms. The smallest absolute Gasteiger partial charge is 0.291 e. The van der Waals surface area contributed by atoms with Crippen molar-refractivity contribution in [3.63, 3.8) is 0 Å². The number of carbonyl (C=O) groups is 1. The number of fused-ring (bicyclic) bond motifs is 3. The SMILES string of the molecule is CN1CCN(C(=O)CCCn2c3ccccc3c3cnn(C)c(=O)c32)CC1. The maximum Gasteiger partial charge on any atom is 0.291 e. The van der Waals surface area contributed by atoms with Crippen molar-refractivity contribution < 1.29 is 4.79 Å². The molecule has 27 heavy (non-hydrogen) atoms. The summed E-state index contributed by atoms with van der Waals surface area (Å²) in [5.74, 6) is 0.207. The summed E-state index contributed by atoms with van der Waals surface area (Å²) in [5, 5.41) is 6.08. The maximum atomic E-state index is 12.7. The summed E-state index contributed by atoms with van der Waals surface area (Å²) in [6.07, 6.45) is 2.97. The highest BCUT2D eigenvalue weighted by atomic mass is 16.2. The molecule has 0 spiro atoms. The third-order valence-electron chi connectivity index (χ3n) is 5.49. The standard InChI is InChI=1S/C20H25N5O2/c1-22-10-12-24(13-11-22)18(26)8-5-9-25-17-7-4-3-6-15(17)16-14-21-23(2)20(27)19(16)25/h3-4,6-7,14H,5,8-13H2,1-2H3. The molecule has 142 valence electrons. The first-order valence-corrected chi connectivity index (χ1v) is 9.46. The van der Waals surface area contributed by atoms with Crippen LogP contribution in [0.2, 0.25) is 0 Å². The van der Waals surface area contributed by atoms with Crippen LogP contribution in [0.25, 0.3) is 21.8 Å². The summed E-state index contributed by atoms with van der Waals surface area (Å²) >= 11 is 0. The molecule has 1 fully saturated rings. The second kappa shape index (κ2) is 7.15. The van der Waals surface area contributed by atoms with Gasteiger partial charge in [0, 0.05) is 62.5 Å². The number of aryl methyl sites for hydroxylation is 2. The van der Waals surface area contributed by atoms with Crippen molar-refractivity contribution in [3.8, 4) is 0 Å². The van der Waals surface area contributed by atoms with Gasteiger partial charge in [-0.3, -0.25) is 9.59 Å². The Kier molecular flexibility index (Phi) is 4.70. The lowest BCUT2D eigenvalue weighted by molar-refractivity contribution is -0.132. The quantitative estimate of drug-likeness (QED) is 0.700. The number of likely N-dealkylation sites (N-methyl/N-ethyl adjacent to an activating group) is 1. The molecular formula is C20H25N5O2. The number of aromatic nitrogens is 3. The van der Waals surface area contributed by atoms with Crippen LogP contribution in [0.1, 0.15) is 12.8 Å². The van der Waals surface area contributed by atoms with Crippen LogP contribution in [-0.4, -0.2) is 63.3 Å².